The predicted octanol–water partition coefficient (Wildman–Crippen LogP) is 4.90. The number of anilines is 2. The Labute approximate surface area is 165 Å². The molecule has 1 aliphatic heterocycles. The molecule has 0 saturated carbocycles. The average Bonchev–Trinajstić information content (AvgIpc) is 2.69. The van der Waals surface area contributed by atoms with Crippen molar-refractivity contribution in [3.8, 4) is 5.75 Å². The molecular weight excluding hydrogens is 388 g/mol. The van der Waals surface area contributed by atoms with Crippen LogP contribution in [0.3, 0.4) is 0 Å². The smallest absolute Gasteiger partial charge is 0.403 e. The van der Waals surface area contributed by atoms with Crippen molar-refractivity contribution >= 4 is 23.4 Å². The van der Waals surface area contributed by atoms with Gasteiger partial charge in [0, 0.05) is 42.2 Å². The van der Waals surface area contributed by atoms with Crippen molar-refractivity contribution in [2.75, 3.05) is 18.4 Å². The molecule has 5 nitrogen and oxygen atoms in total. The van der Waals surface area contributed by atoms with Gasteiger partial charge in [0.25, 0.3) is 0 Å². The second kappa shape index (κ2) is 9.04. The van der Waals surface area contributed by atoms with Crippen molar-refractivity contribution < 1.29 is 22.3 Å². The number of alkyl halides is 3. The number of aliphatic imine (C=N–C) groups is 1. The lowest BCUT2D eigenvalue weighted by Crippen LogP contribution is -2.30. The zero-order valence-corrected chi connectivity index (χ0v) is 15.5. The predicted molar refractivity (Wildman–Crippen MR) is 104 cm³/mol. The maximum atomic E-state index is 13.8. The fraction of sp³-hybridized carbons (Fsp3) is 0.300. The minimum absolute atomic E-state index is 0.235. The van der Waals surface area contributed by atoms with E-state index in [9.17, 15) is 17.6 Å². The van der Waals surface area contributed by atoms with Crippen LogP contribution in [0.2, 0.25) is 0 Å². The molecule has 0 amide bonds. The van der Waals surface area contributed by atoms with Gasteiger partial charge in [-0.25, -0.2) is 9.37 Å². The third kappa shape index (κ3) is 6.28. The summed E-state index contributed by atoms with van der Waals surface area (Å²) in [6.45, 7) is 5.88. The maximum Gasteiger partial charge on any atom is 0.573 e. The van der Waals surface area contributed by atoms with Gasteiger partial charge in [-0.3, -0.25) is 4.99 Å². The van der Waals surface area contributed by atoms with Gasteiger partial charge in [0.05, 0.1) is 5.70 Å². The van der Waals surface area contributed by atoms with Gasteiger partial charge in [-0.1, -0.05) is 6.58 Å². The number of hydrogen-bond acceptors (Lipinski definition) is 5. The molecule has 1 saturated heterocycles. The van der Waals surface area contributed by atoms with Gasteiger partial charge in [-0.15, -0.1) is 13.2 Å². The highest BCUT2D eigenvalue weighted by Gasteiger charge is 2.32. The molecule has 1 unspecified atom stereocenters. The molecule has 1 aliphatic rings. The van der Waals surface area contributed by atoms with Crippen LogP contribution >= 0.6 is 0 Å². The fourth-order valence-electron chi connectivity index (χ4n) is 2.85. The van der Waals surface area contributed by atoms with Crippen molar-refractivity contribution in [1.29, 1.82) is 0 Å². The lowest BCUT2D eigenvalue weighted by molar-refractivity contribution is -0.275. The van der Waals surface area contributed by atoms with Crippen molar-refractivity contribution in [2.45, 2.75) is 19.2 Å². The fourth-order valence-corrected chi connectivity index (χ4v) is 2.85. The van der Waals surface area contributed by atoms with E-state index in [1.807, 2.05) is 6.21 Å². The number of piperidine rings is 1. The van der Waals surface area contributed by atoms with Crippen LogP contribution in [0.25, 0.3) is 5.70 Å². The van der Waals surface area contributed by atoms with Crippen molar-refractivity contribution in [1.82, 2.24) is 10.3 Å². The molecule has 3 rings (SSSR count). The highest BCUT2D eigenvalue weighted by atomic mass is 19.4. The van der Waals surface area contributed by atoms with Gasteiger partial charge in [0.15, 0.2) is 11.6 Å². The Hall–Kier alpha value is -2.94. The normalized spacial score (nSPS) is 17.3. The molecule has 2 aromatic rings. The second-order valence-corrected chi connectivity index (χ2v) is 6.58. The SMILES string of the molecule is C=C(N=CC1CCCNC1)c1ccc(Nc2ccc(OC(F)(F)F)c(F)c2)nc1. The number of aromatic nitrogens is 1. The summed E-state index contributed by atoms with van der Waals surface area (Å²) in [5, 5.41) is 6.14. The van der Waals surface area contributed by atoms with Crippen LogP contribution in [0.5, 0.6) is 5.75 Å². The minimum atomic E-state index is -4.95. The number of pyridine rings is 1. The Bertz CT molecular complexity index is 875. The molecule has 154 valence electrons. The minimum Gasteiger partial charge on any atom is -0.403 e. The summed E-state index contributed by atoms with van der Waals surface area (Å²) in [7, 11) is 0. The first-order valence-electron chi connectivity index (χ1n) is 9.03. The topological polar surface area (TPSA) is 58.5 Å². The molecular formula is C20H20F4N4O. The summed E-state index contributed by atoms with van der Waals surface area (Å²) in [4.78, 5) is 8.62. The van der Waals surface area contributed by atoms with Crippen LogP contribution in [0.1, 0.15) is 18.4 Å². The van der Waals surface area contributed by atoms with Gasteiger partial charge in [0.1, 0.15) is 5.82 Å². The van der Waals surface area contributed by atoms with E-state index in [0.717, 1.165) is 43.6 Å². The Kier molecular flexibility index (Phi) is 6.48. The number of hydrogen-bond donors (Lipinski definition) is 2. The van der Waals surface area contributed by atoms with Crippen molar-refractivity contribution in [2.24, 2.45) is 10.9 Å². The third-order valence-electron chi connectivity index (χ3n) is 4.30. The first-order chi connectivity index (χ1) is 13.8. The molecule has 2 heterocycles. The standard InChI is InChI=1S/C20H20F4N4O/c1-13(26-11-14-3-2-8-25-10-14)15-4-7-19(27-12-15)28-16-5-6-18(17(21)9-16)29-20(22,23)24/h4-7,9,11-12,14,25H,1-3,8,10H2,(H,27,28). The maximum absolute atomic E-state index is 13.8. The van der Waals surface area contributed by atoms with Crippen LogP contribution in [-0.2, 0) is 0 Å². The number of benzene rings is 1. The second-order valence-electron chi connectivity index (χ2n) is 6.58. The number of nitrogens with zero attached hydrogens (tertiary/aromatic N) is 2. The lowest BCUT2D eigenvalue weighted by Gasteiger charge is -2.18. The highest BCUT2D eigenvalue weighted by molar-refractivity contribution is 5.74. The Morgan fingerprint density at radius 3 is 2.76 bits per heavy atom. The van der Waals surface area contributed by atoms with Crippen LogP contribution < -0.4 is 15.4 Å². The van der Waals surface area contributed by atoms with Crippen LogP contribution in [0.4, 0.5) is 29.1 Å². The van der Waals surface area contributed by atoms with Gasteiger partial charge in [0.2, 0.25) is 0 Å². The van der Waals surface area contributed by atoms with E-state index in [0.29, 0.717) is 17.4 Å². The van der Waals surface area contributed by atoms with E-state index < -0.39 is 17.9 Å². The quantitative estimate of drug-likeness (QED) is 0.527. The summed E-state index contributed by atoms with van der Waals surface area (Å²) in [5.74, 6) is -1.25. The first kappa shape index (κ1) is 20.8. The van der Waals surface area contributed by atoms with E-state index in [1.165, 1.54) is 6.07 Å². The number of ether oxygens (including phenoxy) is 1. The largest absolute Gasteiger partial charge is 0.573 e. The van der Waals surface area contributed by atoms with E-state index in [1.54, 1.807) is 18.3 Å². The monoisotopic (exact) mass is 408 g/mol. The van der Waals surface area contributed by atoms with Gasteiger partial charge >= 0.3 is 6.36 Å². The summed E-state index contributed by atoms with van der Waals surface area (Å²) in [6, 6.07) is 6.47. The number of halogens is 4. The van der Waals surface area contributed by atoms with E-state index in [4.69, 9.17) is 0 Å². The van der Waals surface area contributed by atoms with Gasteiger partial charge in [-0.05, 0) is 43.7 Å². The molecule has 1 aromatic carbocycles. The number of nitrogens with one attached hydrogen (secondary N) is 2. The number of rotatable bonds is 6. The zero-order valence-electron chi connectivity index (χ0n) is 15.5. The van der Waals surface area contributed by atoms with E-state index in [-0.39, 0.29) is 5.69 Å². The Balaban J connectivity index is 1.60. The van der Waals surface area contributed by atoms with Crippen molar-refractivity contribution in [3.05, 3.63) is 54.5 Å². The summed E-state index contributed by atoms with van der Waals surface area (Å²) in [5.41, 5.74) is 1.55. The Morgan fingerprint density at radius 1 is 1.31 bits per heavy atom. The molecule has 2 N–H and O–H groups in total. The molecule has 0 radical (unpaired) electrons. The molecule has 1 aromatic heterocycles. The molecule has 1 atom stereocenters. The molecule has 0 spiro atoms. The Morgan fingerprint density at radius 2 is 2.14 bits per heavy atom. The molecule has 0 bridgehead atoms. The molecule has 9 heteroatoms. The van der Waals surface area contributed by atoms with Crippen LogP contribution in [-0.4, -0.2) is 30.7 Å². The average molecular weight is 408 g/mol. The van der Waals surface area contributed by atoms with E-state index >= 15 is 0 Å². The van der Waals surface area contributed by atoms with Crippen LogP contribution in [0.15, 0.2) is 48.1 Å². The van der Waals surface area contributed by atoms with Crippen molar-refractivity contribution in [3.63, 3.8) is 0 Å². The molecule has 0 aliphatic carbocycles. The van der Waals surface area contributed by atoms with Gasteiger partial charge in [-0.2, -0.15) is 0 Å². The first-order valence-corrected chi connectivity index (χ1v) is 9.03. The summed E-state index contributed by atoms with van der Waals surface area (Å²) < 4.78 is 54.0. The van der Waals surface area contributed by atoms with E-state index in [2.05, 4.69) is 31.9 Å². The van der Waals surface area contributed by atoms with Gasteiger partial charge < -0.3 is 15.4 Å². The lowest BCUT2D eigenvalue weighted by atomic mass is 10.0. The zero-order chi connectivity index (χ0) is 20.9. The third-order valence-corrected chi connectivity index (χ3v) is 4.30. The van der Waals surface area contributed by atoms with Crippen LogP contribution in [0, 0.1) is 11.7 Å². The molecule has 29 heavy (non-hydrogen) atoms. The highest BCUT2D eigenvalue weighted by Crippen LogP contribution is 2.28. The summed E-state index contributed by atoms with van der Waals surface area (Å²) >= 11 is 0. The summed E-state index contributed by atoms with van der Waals surface area (Å²) in [6.07, 6.45) is 0.724. The molecule has 1 fully saturated rings.